The van der Waals surface area contributed by atoms with Crippen LogP contribution < -0.4 is 5.32 Å². The second-order valence-corrected chi connectivity index (χ2v) is 7.05. The van der Waals surface area contributed by atoms with Crippen molar-refractivity contribution in [2.24, 2.45) is 5.92 Å². The normalized spacial score (nSPS) is 15.1. The van der Waals surface area contributed by atoms with E-state index in [9.17, 15) is 0 Å². The van der Waals surface area contributed by atoms with Gasteiger partial charge in [-0.1, -0.05) is 23.7 Å². The predicted octanol–water partition coefficient (Wildman–Crippen LogP) is 4.31. The van der Waals surface area contributed by atoms with Gasteiger partial charge in [0.05, 0.1) is 6.10 Å². The fraction of sp³-hybridized carbons (Fsp3) is 0.647. The van der Waals surface area contributed by atoms with Gasteiger partial charge in [-0.25, -0.2) is 0 Å². The first-order chi connectivity index (χ1) is 9.30. The van der Waals surface area contributed by atoms with Gasteiger partial charge in [-0.05, 0) is 70.7 Å². The van der Waals surface area contributed by atoms with E-state index < -0.39 is 0 Å². The highest BCUT2D eigenvalue weighted by Gasteiger charge is 2.17. The summed E-state index contributed by atoms with van der Waals surface area (Å²) in [5, 5.41) is 4.41. The van der Waals surface area contributed by atoms with E-state index in [0.29, 0.717) is 5.92 Å². The number of rotatable bonds is 7. The Morgan fingerprint density at radius 1 is 1.30 bits per heavy atom. The molecule has 2 nitrogen and oxygen atoms in total. The SMILES string of the molecule is COC(C)CC(CNC(C)(C)C)Cc1cccc(Cl)c1. The summed E-state index contributed by atoms with van der Waals surface area (Å²) in [6.45, 7) is 9.71. The van der Waals surface area contributed by atoms with Crippen LogP contribution in [0.25, 0.3) is 0 Å². The van der Waals surface area contributed by atoms with Crippen molar-refractivity contribution in [3.8, 4) is 0 Å². The Bertz CT molecular complexity index is 400. The Hall–Kier alpha value is -0.570. The van der Waals surface area contributed by atoms with Crippen molar-refractivity contribution in [2.75, 3.05) is 13.7 Å². The summed E-state index contributed by atoms with van der Waals surface area (Å²) in [5.74, 6) is 0.544. The minimum Gasteiger partial charge on any atom is -0.382 e. The van der Waals surface area contributed by atoms with Crippen LogP contribution in [0.5, 0.6) is 0 Å². The molecule has 0 heterocycles. The lowest BCUT2D eigenvalue weighted by Crippen LogP contribution is -2.40. The highest BCUT2D eigenvalue weighted by molar-refractivity contribution is 6.30. The number of benzene rings is 1. The van der Waals surface area contributed by atoms with Gasteiger partial charge in [-0.3, -0.25) is 0 Å². The topological polar surface area (TPSA) is 21.3 Å². The maximum Gasteiger partial charge on any atom is 0.0546 e. The summed E-state index contributed by atoms with van der Waals surface area (Å²) in [5.41, 5.74) is 1.43. The largest absolute Gasteiger partial charge is 0.382 e. The molecule has 0 aromatic heterocycles. The molecule has 0 bridgehead atoms. The molecule has 0 aliphatic carbocycles. The molecule has 1 aromatic carbocycles. The van der Waals surface area contributed by atoms with Gasteiger partial charge < -0.3 is 10.1 Å². The van der Waals surface area contributed by atoms with Gasteiger partial charge in [0.15, 0.2) is 0 Å². The quantitative estimate of drug-likeness (QED) is 0.809. The van der Waals surface area contributed by atoms with Gasteiger partial charge in [0, 0.05) is 17.7 Å². The van der Waals surface area contributed by atoms with Crippen LogP contribution in [0.15, 0.2) is 24.3 Å². The molecule has 0 amide bonds. The number of hydrogen-bond acceptors (Lipinski definition) is 2. The van der Waals surface area contributed by atoms with Crippen molar-refractivity contribution < 1.29 is 4.74 Å². The van der Waals surface area contributed by atoms with Gasteiger partial charge in [-0.2, -0.15) is 0 Å². The summed E-state index contributed by atoms with van der Waals surface area (Å²) in [4.78, 5) is 0. The standard InChI is InChI=1S/C17H28ClNO/c1-13(20-5)9-15(12-19-17(2,3)4)10-14-7-6-8-16(18)11-14/h6-8,11,13,15,19H,9-10,12H2,1-5H3. The van der Waals surface area contributed by atoms with Crippen LogP contribution in [0.1, 0.15) is 39.7 Å². The molecule has 2 unspecified atom stereocenters. The number of nitrogens with one attached hydrogen (secondary N) is 1. The van der Waals surface area contributed by atoms with Crippen molar-refractivity contribution >= 4 is 11.6 Å². The maximum atomic E-state index is 6.07. The lowest BCUT2D eigenvalue weighted by Gasteiger charge is -2.27. The van der Waals surface area contributed by atoms with Gasteiger partial charge in [-0.15, -0.1) is 0 Å². The average Bonchev–Trinajstić information content (AvgIpc) is 2.35. The van der Waals surface area contributed by atoms with Crippen LogP contribution in [0.2, 0.25) is 5.02 Å². The van der Waals surface area contributed by atoms with Gasteiger partial charge in [0.1, 0.15) is 0 Å². The van der Waals surface area contributed by atoms with E-state index in [1.165, 1.54) is 5.56 Å². The van der Waals surface area contributed by atoms with Gasteiger partial charge >= 0.3 is 0 Å². The van der Waals surface area contributed by atoms with E-state index in [1.807, 2.05) is 12.1 Å². The Labute approximate surface area is 128 Å². The minimum absolute atomic E-state index is 0.142. The van der Waals surface area contributed by atoms with Crippen LogP contribution >= 0.6 is 11.6 Å². The molecular formula is C17H28ClNO. The zero-order valence-electron chi connectivity index (χ0n) is 13.4. The molecule has 1 rings (SSSR count). The van der Waals surface area contributed by atoms with Crippen LogP contribution in [-0.4, -0.2) is 25.3 Å². The number of methoxy groups -OCH3 is 1. The van der Waals surface area contributed by atoms with Crippen molar-refractivity contribution in [3.63, 3.8) is 0 Å². The van der Waals surface area contributed by atoms with Gasteiger partial charge in [0.2, 0.25) is 0 Å². The molecule has 0 radical (unpaired) electrons. The van der Waals surface area contributed by atoms with E-state index in [1.54, 1.807) is 7.11 Å². The van der Waals surface area contributed by atoms with Crippen LogP contribution in [0.3, 0.4) is 0 Å². The van der Waals surface area contributed by atoms with E-state index >= 15 is 0 Å². The molecule has 0 fully saturated rings. The Morgan fingerprint density at radius 2 is 2.00 bits per heavy atom. The minimum atomic E-state index is 0.142. The predicted molar refractivity (Wildman–Crippen MR) is 87.5 cm³/mol. The molecule has 0 saturated heterocycles. The Balaban J connectivity index is 2.66. The highest BCUT2D eigenvalue weighted by atomic mass is 35.5. The molecule has 20 heavy (non-hydrogen) atoms. The molecule has 1 N–H and O–H groups in total. The van der Waals surface area contributed by atoms with E-state index in [4.69, 9.17) is 16.3 Å². The maximum absolute atomic E-state index is 6.07. The molecule has 3 heteroatoms. The lowest BCUT2D eigenvalue weighted by atomic mass is 9.93. The van der Waals surface area contributed by atoms with Crippen LogP contribution in [-0.2, 0) is 11.2 Å². The Morgan fingerprint density at radius 3 is 2.55 bits per heavy atom. The molecule has 0 saturated carbocycles. The van der Waals surface area contributed by atoms with E-state index in [-0.39, 0.29) is 11.6 Å². The third kappa shape index (κ3) is 7.28. The van der Waals surface area contributed by atoms with Crippen molar-refractivity contribution in [1.82, 2.24) is 5.32 Å². The number of hydrogen-bond donors (Lipinski definition) is 1. The summed E-state index contributed by atoms with van der Waals surface area (Å²) in [6.07, 6.45) is 2.35. The molecule has 0 aliphatic heterocycles. The zero-order chi connectivity index (χ0) is 15.2. The summed E-state index contributed by atoms with van der Waals surface area (Å²) in [7, 11) is 1.78. The van der Waals surface area contributed by atoms with Crippen LogP contribution in [0.4, 0.5) is 0 Å². The van der Waals surface area contributed by atoms with Crippen LogP contribution in [0, 0.1) is 5.92 Å². The summed E-state index contributed by atoms with van der Waals surface area (Å²) >= 11 is 6.07. The number of halogens is 1. The molecule has 0 spiro atoms. The zero-order valence-corrected chi connectivity index (χ0v) is 14.1. The summed E-state index contributed by atoms with van der Waals surface area (Å²) in [6, 6.07) is 8.15. The van der Waals surface area contributed by atoms with Crippen molar-refractivity contribution in [1.29, 1.82) is 0 Å². The first kappa shape index (κ1) is 17.5. The number of ether oxygens (including phenoxy) is 1. The third-order valence-corrected chi connectivity index (χ3v) is 3.64. The fourth-order valence-corrected chi connectivity index (χ4v) is 2.47. The fourth-order valence-electron chi connectivity index (χ4n) is 2.25. The smallest absolute Gasteiger partial charge is 0.0546 e. The third-order valence-electron chi connectivity index (χ3n) is 3.40. The highest BCUT2D eigenvalue weighted by Crippen LogP contribution is 2.19. The molecule has 114 valence electrons. The second-order valence-electron chi connectivity index (χ2n) is 6.61. The molecule has 0 aliphatic rings. The molecule has 2 atom stereocenters. The van der Waals surface area contributed by atoms with Crippen molar-refractivity contribution in [3.05, 3.63) is 34.9 Å². The Kier molecular flexibility index (Phi) is 7.01. The first-order valence-electron chi connectivity index (χ1n) is 7.32. The molecular weight excluding hydrogens is 270 g/mol. The van der Waals surface area contributed by atoms with Crippen molar-refractivity contribution in [2.45, 2.75) is 52.2 Å². The monoisotopic (exact) mass is 297 g/mol. The molecule has 1 aromatic rings. The second kappa shape index (κ2) is 8.02. The van der Waals surface area contributed by atoms with Gasteiger partial charge in [0.25, 0.3) is 0 Å². The lowest BCUT2D eigenvalue weighted by molar-refractivity contribution is 0.0934. The van der Waals surface area contributed by atoms with E-state index in [0.717, 1.165) is 24.4 Å². The summed E-state index contributed by atoms with van der Waals surface area (Å²) < 4.78 is 5.42. The first-order valence-corrected chi connectivity index (χ1v) is 7.70. The average molecular weight is 298 g/mol. The van der Waals surface area contributed by atoms with E-state index in [2.05, 4.69) is 45.1 Å².